The smallest absolute Gasteiger partial charge is 0.157 e. The van der Waals surface area contributed by atoms with Gasteiger partial charge in [0, 0.05) is 6.54 Å². The van der Waals surface area contributed by atoms with E-state index in [9.17, 15) is 0 Å². The summed E-state index contributed by atoms with van der Waals surface area (Å²) < 4.78 is 7.38. The average Bonchev–Trinajstić information content (AvgIpc) is 2.60. The Bertz CT molecular complexity index is 233. The van der Waals surface area contributed by atoms with Gasteiger partial charge in [0.25, 0.3) is 0 Å². The summed E-state index contributed by atoms with van der Waals surface area (Å²) in [5, 5.41) is 4.13. The van der Waals surface area contributed by atoms with Crippen molar-refractivity contribution < 1.29 is 4.74 Å². The van der Waals surface area contributed by atoms with Gasteiger partial charge in [0.1, 0.15) is 0 Å². The summed E-state index contributed by atoms with van der Waals surface area (Å²) >= 11 is 0. The van der Waals surface area contributed by atoms with Gasteiger partial charge in [-0.2, -0.15) is 5.10 Å². The van der Waals surface area contributed by atoms with Crippen molar-refractivity contribution >= 4 is 0 Å². The number of hydrogen-bond acceptors (Lipinski definition) is 2. The lowest BCUT2D eigenvalue weighted by Crippen LogP contribution is -1.96. The number of hydrogen-bond donors (Lipinski definition) is 0. The Kier molecular flexibility index (Phi) is 4.36. The highest BCUT2D eigenvalue weighted by atomic mass is 16.5. The summed E-state index contributed by atoms with van der Waals surface area (Å²) in [7, 11) is 0. The van der Waals surface area contributed by atoms with Crippen molar-refractivity contribution in [1.82, 2.24) is 9.78 Å². The maximum absolute atomic E-state index is 5.51. The molecule has 0 saturated heterocycles. The van der Waals surface area contributed by atoms with Crippen LogP contribution in [-0.2, 0) is 6.54 Å². The van der Waals surface area contributed by atoms with Crippen LogP contribution in [0.4, 0.5) is 0 Å². The van der Waals surface area contributed by atoms with Crippen molar-refractivity contribution in [3.8, 4) is 5.75 Å². The third-order valence-corrected chi connectivity index (χ3v) is 1.95. The third kappa shape index (κ3) is 3.49. The quantitative estimate of drug-likeness (QED) is 0.632. The van der Waals surface area contributed by atoms with Crippen LogP contribution in [-0.4, -0.2) is 16.4 Å². The minimum Gasteiger partial charge on any atom is -0.490 e. The first kappa shape index (κ1) is 10.1. The van der Waals surface area contributed by atoms with E-state index in [0.29, 0.717) is 0 Å². The summed E-state index contributed by atoms with van der Waals surface area (Å²) in [4.78, 5) is 0. The van der Waals surface area contributed by atoms with Crippen molar-refractivity contribution in [1.29, 1.82) is 0 Å². The molecule has 3 nitrogen and oxygen atoms in total. The zero-order valence-corrected chi connectivity index (χ0v) is 8.49. The number of aryl methyl sites for hydroxylation is 1. The second-order valence-corrected chi connectivity index (χ2v) is 3.09. The highest BCUT2D eigenvalue weighted by molar-refractivity contribution is 5.11. The summed E-state index contributed by atoms with van der Waals surface area (Å²) in [5.74, 6) is 0.887. The molecule has 0 amide bonds. The molecule has 0 radical (unpaired) electrons. The van der Waals surface area contributed by atoms with Gasteiger partial charge in [0.05, 0.1) is 19.0 Å². The van der Waals surface area contributed by atoms with Crippen molar-refractivity contribution in [2.75, 3.05) is 6.61 Å². The van der Waals surface area contributed by atoms with Crippen LogP contribution >= 0.6 is 0 Å². The molecule has 1 aromatic rings. The summed E-state index contributed by atoms with van der Waals surface area (Å²) in [5.41, 5.74) is 0. The molecule has 1 aromatic heterocycles. The van der Waals surface area contributed by atoms with E-state index in [4.69, 9.17) is 4.74 Å². The number of ether oxygens (including phenoxy) is 1. The molecular formula is C10H18N2O. The number of unbranched alkanes of at least 4 members (excludes halogenated alkanes) is 2. The molecule has 0 atom stereocenters. The molecule has 0 aliphatic rings. The highest BCUT2D eigenvalue weighted by Crippen LogP contribution is 2.08. The standard InChI is InChI=1S/C10H18N2O/c1-3-5-6-7-13-10-8-11-12(4-2)9-10/h8-9H,3-7H2,1-2H3. The van der Waals surface area contributed by atoms with E-state index in [-0.39, 0.29) is 0 Å². The Morgan fingerprint density at radius 2 is 2.23 bits per heavy atom. The van der Waals surface area contributed by atoms with Crippen LogP contribution in [0.15, 0.2) is 12.4 Å². The van der Waals surface area contributed by atoms with Gasteiger partial charge in [-0.05, 0) is 13.3 Å². The monoisotopic (exact) mass is 182 g/mol. The third-order valence-electron chi connectivity index (χ3n) is 1.95. The van der Waals surface area contributed by atoms with Crippen LogP contribution in [0.25, 0.3) is 0 Å². The maximum Gasteiger partial charge on any atom is 0.157 e. The molecule has 0 spiro atoms. The molecule has 0 aliphatic carbocycles. The van der Waals surface area contributed by atoms with Crippen molar-refractivity contribution in [3.05, 3.63) is 12.4 Å². The van der Waals surface area contributed by atoms with Gasteiger partial charge >= 0.3 is 0 Å². The molecule has 0 fully saturated rings. The second-order valence-electron chi connectivity index (χ2n) is 3.09. The van der Waals surface area contributed by atoms with Crippen LogP contribution < -0.4 is 4.74 Å². The zero-order chi connectivity index (χ0) is 9.52. The van der Waals surface area contributed by atoms with Gasteiger partial charge in [-0.25, -0.2) is 0 Å². The van der Waals surface area contributed by atoms with Crippen LogP contribution in [0.3, 0.4) is 0 Å². The molecule has 0 bridgehead atoms. The molecule has 0 unspecified atom stereocenters. The van der Waals surface area contributed by atoms with Gasteiger partial charge in [0.2, 0.25) is 0 Å². The second kappa shape index (κ2) is 5.62. The van der Waals surface area contributed by atoms with Crippen LogP contribution in [0.1, 0.15) is 33.1 Å². The summed E-state index contributed by atoms with van der Waals surface area (Å²) in [6, 6.07) is 0. The van der Waals surface area contributed by atoms with Gasteiger partial charge in [-0.1, -0.05) is 19.8 Å². The normalized spacial score (nSPS) is 10.3. The lowest BCUT2D eigenvalue weighted by atomic mass is 10.3. The molecule has 0 aliphatic heterocycles. The average molecular weight is 182 g/mol. The van der Waals surface area contributed by atoms with E-state index in [1.165, 1.54) is 12.8 Å². The predicted molar refractivity (Wildman–Crippen MR) is 52.9 cm³/mol. The largest absolute Gasteiger partial charge is 0.490 e. The topological polar surface area (TPSA) is 27.1 Å². The fourth-order valence-corrected chi connectivity index (χ4v) is 1.13. The van der Waals surface area contributed by atoms with Crippen LogP contribution in [0, 0.1) is 0 Å². The van der Waals surface area contributed by atoms with Crippen LogP contribution in [0.5, 0.6) is 5.75 Å². The first-order chi connectivity index (χ1) is 6.36. The fourth-order valence-electron chi connectivity index (χ4n) is 1.13. The van der Waals surface area contributed by atoms with E-state index in [1.54, 1.807) is 6.20 Å². The summed E-state index contributed by atoms with van der Waals surface area (Å²) in [6.45, 7) is 5.96. The SMILES string of the molecule is CCCCCOc1cnn(CC)c1. The van der Waals surface area contributed by atoms with Crippen molar-refractivity contribution in [2.45, 2.75) is 39.7 Å². The van der Waals surface area contributed by atoms with Crippen LogP contribution in [0.2, 0.25) is 0 Å². The molecule has 13 heavy (non-hydrogen) atoms. The molecule has 3 heteroatoms. The Labute approximate surface area is 79.7 Å². The van der Waals surface area contributed by atoms with E-state index >= 15 is 0 Å². The minimum atomic E-state index is 0.809. The Morgan fingerprint density at radius 3 is 2.85 bits per heavy atom. The number of nitrogens with zero attached hydrogens (tertiary/aromatic N) is 2. The van der Waals surface area contributed by atoms with Gasteiger partial charge in [-0.3, -0.25) is 4.68 Å². The lowest BCUT2D eigenvalue weighted by molar-refractivity contribution is 0.306. The number of rotatable bonds is 6. The van der Waals surface area contributed by atoms with Gasteiger partial charge in [0.15, 0.2) is 5.75 Å². The van der Waals surface area contributed by atoms with E-state index in [1.807, 2.05) is 10.9 Å². The van der Waals surface area contributed by atoms with E-state index in [2.05, 4.69) is 18.9 Å². The Morgan fingerprint density at radius 1 is 1.38 bits per heavy atom. The van der Waals surface area contributed by atoms with Gasteiger partial charge < -0.3 is 4.74 Å². The van der Waals surface area contributed by atoms with E-state index < -0.39 is 0 Å². The van der Waals surface area contributed by atoms with Crippen molar-refractivity contribution in [2.24, 2.45) is 0 Å². The summed E-state index contributed by atoms with van der Waals surface area (Å²) in [6.07, 6.45) is 7.31. The predicted octanol–water partition coefficient (Wildman–Crippen LogP) is 2.47. The first-order valence-electron chi connectivity index (χ1n) is 5.02. The first-order valence-corrected chi connectivity index (χ1v) is 5.02. The molecule has 0 saturated carbocycles. The minimum absolute atomic E-state index is 0.809. The zero-order valence-electron chi connectivity index (χ0n) is 8.49. The molecule has 0 N–H and O–H groups in total. The lowest BCUT2D eigenvalue weighted by Gasteiger charge is -2.01. The van der Waals surface area contributed by atoms with E-state index in [0.717, 1.165) is 25.3 Å². The molecular weight excluding hydrogens is 164 g/mol. The highest BCUT2D eigenvalue weighted by Gasteiger charge is 1.96. The maximum atomic E-state index is 5.51. The van der Waals surface area contributed by atoms with Crippen molar-refractivity contribution in [3.63, 3.8) is 0 Å². The molecule has 74 valence electrons. The fraction of sp³-hybridized carbons (Fsp3) is 0.700. The molecule has 1 heterocycles. The Hall–Kier alpha value is -0.990. The molecule has 1 rings (SSSR count). The number of aromatic nitrogens is 2. The van der Waals surface area contributed by atoms with Gasteiger partial charge in [-0.15, -0.1) is 0 Å². The molecule has 0 aromatic carbocycles. The Balaban J connectivity index is 2.20.